The van der Waals surface area contributed by atoms with Gasteiger partial charge in [0.05, 0.1) is 21.8 Å². The van der Waals surface area contributed by atoms with Gasteiger partial charge in [-0.2, -0.15) is 0 Å². The van der Waals surface area contributed by atoms with Gasteiger partial charge in [0.25, 0.3) is 0 Å². The van der Waals surface area contributed by atoms with Crippen molar-refractivity contribution in [3.05, 3.63) is 18.1 Å². The van der Waals surface area contributed by atoms with E-state index in [4.69, 9.17) is 9.72 Å². The number of pyridine rings is 1. The zero-order valence-corrected chi connectivity index (χ0v) is 18.4. The number of nitrogens with zero attached hydrogens (tertiary/aromatic N) is 3. The maximum absolute atomic E-state index is 12.8. The van der Waals surface area contributed by atoms with Crippen molar-refractivity contribution in [2.45, 2.75) is 81.6 Å². The van der Waals surface area contributed by atoms with E-state index in [1.165, 1.54) is 6.20 Å². The van der Waals surface area contributed by atoms with Gasteiger partial charge in [0.2, 0.25) is 0 Å². The fraction of sp³-hybridized carbons (Fsp3) is 0.700. The van der Waals surface area contributed by atoms with Crippen molar-refractivity contribution in [2.24, 2.45) is 0 Å². The lowest BCUT2D eigenvalue weighted by molar-refractivity contribution is -0.0729. The average molecular weight is 410 g/mol. The van der Waals surface area contributed by atoms with E-state index >= 15 is 0 Å². The maximum atomic E-state index is 12.8. The second-order valence-corrected chi connectivity index (χ2v) is 12.4. The van der Waals surface area contributed by atoms with Gasteiger partial charge in [-0.1, -0.05) is 20.8 Å². The van der Waals surface area contributed by atoms with Crippen LogP contribution in [0, 0.1) is 0 Å². The average Bonchev–Trinajstić information content (AvgIpc) is 2.92. The van der Waals surface area contributed by atoms with Crippen LogP contribution in [-0.4, -0.2) is 51.6 Å². The summed E-state index contributed by atoms with van der Waals surface area (Å²) in [5.41, 5.74) is -0.0433. The van der Waals surface area contributed by atoms with Gasteiger partial charge in [-0.15, -0.1) is 0 Å². The Balaban J connectivity index is 2.15. The monoisotopic (exact) mass is 409 g/mol. The Bertz CT molecular complexity index is 975. The van der Waals surface area contributed by atoms with Crippen molar-refractivity contribution < 1.29 is 18.3 Å². The number of imidazole rings is 1. The normalized spacial score (nSPS) is 18.5. The molecule has 3 heterocycles. The first-order valence-corrected chi connectivity index (χ1v) is 11.1. The molecule has 0 amide bonds. The lowest BCUT2D eigenvalue weighted by Gasteiger charge is -2.33. The lowest BCUT2D eigenvalue weighted by atomic mass is 9.92. The number of sulfone groups is 1. The molecule has 7 nitrogen and oxygen atoms in total. The molecule has 1 saturated heterocycles. The number of hydrogen-bond donors (Lipinski definition) is 1. The summed E-state index contributed by atoms with van der Waals surface area (Å²) in [6.45, 7) is 12.6. The van der Waals surface area contributed by atoms with Crippen LogP contribution in [0.4, 0.5) is 0 Å². The maximum Gasteiger partial charge on any atom is 0.184 e. The molecule has 1 aliphatic heterocycles. The fourth-order valence-corrected chi connectivity index (χ4v) is 4.58. The highest BCUT2D eigenvalue weighted by Crippen LogP contribution is 2.32. The summed E-state index contributed by atoms with van der Waals surface area (Å²) in [7, 11) is -3.52. The molecule has 2 aromatic heterocycles. The van der Waals surface area contributed by atoms with Gasteiger partial charge in [-0.25, -0.2) is 18.4 Å². The number of aromatic nitrogens is 3. The van der Waals surface area contributed by atoms with Crippen molar-refractivity contribution in [1.82, 2.24) is 14.5 Å². The summed E-state index contributed by atoms with van der Waals surface area (Å²) in [4.78, 5) is 9.37. The predicted molar refractivity (Wildman–Crippen MR) is 108 cm³/mol. The number of hydrogen-bond acceptors (Lipinski definition) is 6. The Morgan fingerprint density at radius 2 is 1.79 bits per heavy atom. The Hall–Kier alpha value is -1.51. The summed E-state index contributed by atoms with van der Waals surface area (Å²) in [5, 5.41) is 11.0. The quantitative estimate of drug-likeness (QED) is 0.838. The highest BCUT2D eigenvalue weighted by molar-refractivity contribution is 7.92. The van der Waals surface area contributed by atoms with E-state index in [1.807, 2.05) is 25.3 Å². The third-order valence-corrected chi connectivity index (χ3v) is 7.68. The Morgan fingerprint density at radius 1 is 1.18 bits per heavy atom. The highest BCUT2D eigenvalue weighted by Gasteiger charge is 2.35. The van der Waals surface area contributed by atoms with Crippen LogP contribution in [0.1, 0.15) is 60.2 Å². The van der Waals surface area contributed by atoms with Crippen LogP contribution in [0.5, 0.6) is 0 Å². The molecule has 0 unspecified atom stereocenters. The van der Waals surface area contributed by atoms with Crippen LogP contribution in [0.3, 0.4) is 0 Å². The molecule has 156 valence electrons. The molecule has 0 bridgehead atoms. The van der Waals surface area contributed by atoms with Crippen molar-refractivity contribution in [2.75, 3.05) is 13.2 Å². The van der Waals surface area contributed by atoms with Gasteiger partial charge >= 0.3 is 0 Å². The van der Waals surface area contributed by atoms with Crippen LogP contribution in [0.25, 0.3) is 11.2 Å². The molecule has 0 radical (unpaired) electrons. The van der Waals surface area contributed by atoms with Gasteiger partial charge in [-0.05, 0) is 26.8 Å². The van der Waals surface area contributed by atoms with E-state index in [1.54, 1.807) is 26.8 Å². The second-order valence-electron chi connectivity index (χ2n) is 9.74. The van der Waals surface area contributed by atoms with Crippen molar-refractivity contribution in [3.8, 4) is 0 Å². The standard InChI is InChI=1S/C20H31N3O4S/c1-18(2,3)17-22-15-11-14(28(25,26)19(4,5)6)12-21-16(15)23(17)13-20(24)7-9-27-10-8-20/h11-12,24H,7-10,13H2,1-6H3. The molecular weight excluding hydrogens is 378 g/mol. The predicted octanol–water partition coefficient (Wildman–Crippen LogP) is 2.84. The molecule has 3 rings (SSSR count). The first kappa shape index (κ1) is 21.2. The number of aliphatic hydroxyl groups is 1. The van der Waals surface area contributed by atoms with E-state index in [9.17, 15) is 13.5 Å². The van der Waals surface area contributed by atoms with Crippen molar-refractivity contribution in [1.29, 1.82) is 0 Å². The van der Waals surface area contributed by atoms with E-state index in [2.05, 4.69) is 4.98 Å². The molecule has 0 saturated carbocycles. The largest absolute Gasteiger partial charge is 0.388 e. The van der Waals surface area contributed by atoms with Crippen LogP contribution in [0.15, 0.2) is 17.2 Å². The first-order valence-electron chi connectivity index (χ1n) is 9.66. The summed E-state index contributed by atoms with van der Waals surface area (Å²) in [5.74, 6) is 0.778. The molecular formula is C20H31N3O4S. The topological polar surface area (TPSA) is 94.3 Å². The number of ether oxygens (including phenoxy) is 1. The minimum Gasteiger partial charge on any atom is -0.388 e. The molecule has 1 fully saturated rings. The molecule has 0 aromatic carbocycles. The minimum absolute atomic E-state index is 0.169. The Kier molecular flexibility index (Phi) is 5.13. The Labute approximate surface area is 167 Å². The highest BCUT2D eigenvalue weighted by atomic mass is 32.2. The van der Waals surface area contributed by atoms with Crippen LogP contribution in [-0.2, 0) is 26.5 Å². The smallest absolute Gasteiger partial charge is 0.184 e. The van der Waals surface area contributed by atoms with Crippen LogP contribution >= 0.6 is 0 Å². The van der Waals surface area contributed by atoms with Crippen molar-refractivity contribution >= 4 is 21.0 Å². The van der Waals surface area contributed by atoms with Gasteiger partial charge in [0.1, 0.15) is 11.3 Å². The van der Waals surface area contributed by atoms with Gasteiger partial charge in [-0.3, -0.25) is 0 Å². The zero-order chi connectivity index (χ0) is 21.0. The molecule has 0 aliphatic carbocycles. The molecule has 8 heteroatoms. The summed E-state index contributed by atoms with van der Waals surface area (Å²) >= 11 is 0. The molecule has 2 aromatic rings. The SMILES string of the molecule is CC(C)(C)c1nc2cc(S(=O)(=O)C(C)(C)C)cnc2n1CC1(O)CCOCC1. The third-order valence-electron chi connectivity index (χ3n) is 5.22. The summed E-state index contributed by atoms with van der Waals surface area (Å²) < 4.78 is 32.1. The molecule has 1 aliphatic rings. The van der Waals surface area contributed by atoms with Crippen LogP contribution in [0.2, 0.25) is 0 Å². The molecule has 28 heavy (non-hydrogen) atoms. The van der Waals surface area contributed by atoms with Gasteiger partial charge < -0.3 is 14.4 Å². The number of fused-ring (bicyclic) bond motifs is 1. The van der Waals surface area contributed by atoms with E-state index < -0.39 is 20.2 Å². The zero-order valence-electron chi connectivity index (χ0n) is 17.6. The lowest BCUT2D eigenvalue weighted by Crippen LogP contribution is -2.41. The van der Waals surface area contributed by atoms with Crippen molar-refractivity contribution in [3.63, 3.8) is 0 Å². The molecule has 0 atom stereocenters. The van der Waals surface area contributed by atoms with E-state index in [0.29, 0.717) is 43.8 Å². The fourth-order valence-electron chi connectivity index (χ4n) is 3.42. The first-order chi connectivity index (χ1) is 12.7. The second kappa shape index (κ2) is 6.78. The molecule has 0 spiro atoms. The third kappa shape index (κ3) is 3.82. The summed E-state index contributed by atoms with van der Waals surface area (Å²) in [6, 6.07) is 1.60. The van der Waals surface area contributed by atoms with Gasteiger partial charge in [0, 0.05) is 37.7 Å². The number of rotatable bonds is 3. The molecule has 1 N–H and O–H groups in total. The van der Waals surface area contributed by atoms with E-state index in [0.717, 1.165) is 5.82 Å². The van der Waals surface area contributed by atoms with Crippen LogP contribution < -0.4 is 0 Å². The summed E-state index contributed by atoms with van der Waals surface area (Å²) in [6.07, 6.45) is 2.50. The minimum atomic E-state index is -3.52. The van der Waals surface area contributed by atoms with Gasteiger partial charge in [0.15, 0.2) is 15.5 Å². The van der Waals surface area contributed by atoms with E-state index in [-0.39, 0.29) is 10.3 Å². The Morgan fingerprint density at radius 3 is 2.32 bits per heavy atom.